The van der Waals surface area contributed by atoms with Crippen LogP contribution in [0.4, 0.5) is 11.4 Å². The van der Waals surface area contributed by atoms with Crippen molar-refractivity contribution >= 4 is 28.9 Å². The van der Waals surface area contributed by atoms with E-state index in [9.17, 15) is 10.2 Å². The minimum absolute atomic E-state index is 0.0432. The van der Waals surface area contributed by atoms with Crippen LogP contribution in [0.1, 0.15) is 78.4 Å². The van der Waals surface area contributed by atoms with Gasteiger partial charge in [-0.2, -0.15) is 10.6 Å². The van der Waals surface area contributed by atoms with Crippen molar-refractivity contribution in [3.63, 3.8) is 0 Å². The SMILES string of the molecule is CCCCN1/C(=C/C2=C(N=C=[N-])C(=C\C3=[N+](CCCC)c4ccccc4C3(C)C)/C2=O)C(C)(C)c2ccccc21. The number of hydrogen-bond donors (Lipinski definition) is 0. The number of benzene rings is 2. The standard InChI is InChI=1S/C35H40N4O/c1-7-9-19-38-28-17-13-11-15-26(28)34(3,4)30(38)21-24-32(37-23-36)25(33(24)40)22-31-35(5,6)27-16-12-14-18-29(27)39(31)20-10-8-2/h11-18,21-22H,7-10,19-20H2,1-6H3. The lowest BCUT2D eigenvalue weighted by Gasteiger charge is -2.31. The summed E-state index contributed by atoms with van der Waals surface area (Å²) in [6, 6.07) is 19.0. The first-order valence-corrected chi connectivity index (χ1v) is 14.6. The maximum absolute atomic E-state index is 13.8. The van der Waals surface area contributed by atoms with Gasteiger partial charge < -0.3 is 15.3 Å². The molecule has 2 aromatic rings. The van der Waals surface area contributed by atoms with Crippen molar-refractivity contribution in [2.75, 3.05) is 18.0 Å². The highest BCUT2D eigenvalue weighted by Gasteiger charge is 2.46. The van der Waals surface area contributed by atoms with Crippen LogP contribution in [-0.2, 0) is 15.6 Å². The summed E-state index contributed by atoms with van der Waals surface area (Å²) in [5, 5.41) is 9.63. The Labute approximate surface area is 238 Å². The third-order valence-electron chi connectivity index (χ3n) is 8.79. The molecular weight excluding hydrogens is 492 g/mol. The van der Waals surface area contributed by atoms with Gasteiger partial charge in [-0.1, -0.05) is 76.9 Å². The second-order valence-electron chi connectivity index (χ2n) is 12.1. The van der Waals surface area contributed by atoms with E-state index >= 15 is 0 Å². The molecule has 0 N–H and O–H groups in total. The molecule has 0 saturated carbocycles. The number of hydrogen-bond acceptors (Lipinski definition) is 3. The molecule has 0 spiro atoms. The van der Waals surface area contributed by atoms with Crippen molar-refractivity contribution < 1.29 is 9.37 Å². The number of allylic oxidation sites excluding steroid dienone is 5. The first-order chi connectivity index (χ1) is 19.2. The zero-order valence-electron chi connectivity index (χ0n) is 24.7. The van der Waals surface area contributed by atoms with Gasteiger partial charge in [0.25, 0.3) is 0 Å². The van der Waals surface area contributed by atoms with E-state index in [0.29, 0.717) is 16.8 Å². The van der Waals surface area contributed by atoms with Crippen LogP contribution in [0.2, 0.25) is 0 Å². The lowest BCUT2D eigenvalue weighted by atomic mass is 9.77. The number of para-hydroxylation sites is 2. The number of ketones is 1. The van der Waals surface area contributed by atoms with Gasteiger partial charge in [-0.3, -0.25) is 4.79 Å². The fraction of sp³-hybridized carbons (Fsp3) is 0.400. The Hall–Kier alpha value is -3.82. The highest BCUT2D eigenvalue weighted by molar-refractivity contribution is 6.25. The van der Waals surface area contributed by atoms with Crippen molar-refractivity contribution in [2.45, 2.75) is 78.1 Å². The molecule has 206 valence electrons. The van der Waals surface area contributed by atoms with E-state index in [4.69, 9.17) is 0 Å². The van der Waals surface area contributed by atoms with Gasteiger partial charge in [0.1, 0.15) is 6.54 Å². The Kier molecular flexibility index (Phi) is 7.37. The first kappa shape index (κ1) is 27.7. The molecule has 0 aromatic heterocycles. The molecule has 5 rings (SSSR count). The molecule has 2 heterocycles. The average molecular weight is 533 g/mol. The lowest BCUT2D eigenvalue weighted by Crippen LogP contribution is -2.32. The fourth-order valence-corrected chi connectivity index (χ4v) is 6.47. The van der Waals surface area contributed by atoms with Crippen LogP contribution in [0, 0.1) is 0 Å². The van der Waals surface area contributed by atoms with E-state index in [1.807, 2.05) is 18.2 Å². The minimum Gasteiger partial charge on any atom is -0.422 e. The van der Waals surface area contributed by atoms with E-state index in [-0.39, 0.29) is 16.6 Å². The molecule has 0 bridgehead atoms. The van der Waals surface area contributed by atoms with Gasteiger partial charge in [-0.25, -0.2) is 0 Å². The monoisotopic (exact) mass is 532 g/mol. The fourth-order valence-electron chi connectivity index (χ4n) is 6.47. The maximum Gasteiger partial charge on any atom is 0.209 e. The van der Waals surface area contributed by atoms with Crippen molar-refractivity contribution in [3.8, 4) is 0 Å². The number of Topliss-reactive ketones (excluding diaryl/α,β-unsaturated/α-hetero) is 1. The number of rotatable bonds is 9. The second-order valence-corrected chi connectivity index (χ2v) is 12.1. The largest absolute Gasteiger partial charge is 0.422 e. The van der Waals surface area contributed by atoms with Crippen LogP contribution >= 0.6 is 0 Å². The summed E-state index contributed by atoms with van der Waals surface area (Å²) in [6.07, 6.45) is 8.27. The van der Waals surface area contributed by atoms with Crippen LogP contribution in [0.15, 0.2) is 88.2 Å². The first-order valence-electron chi connectivity index (χ1n) is 14.6. The van der Waals surface area contributed by atoms with Crippen molar-refractivity contribution in [1.29, 1.82) is 0 Å². The number of fused-ring (bicyclic) bond motifs is 2. The van der Waals surface area contributed by atoms with Gasteiger partial charge in [-0.15, -0.1) is 0 Å². The number of carbonyl (C=O) groups excluding carboxylic acids is 1. The Bertz CT molecular complexity index is 1540. The van der Waals surface area contributed by atoms with E-state index < -0.39 is 0 Å². The molecular formula is C35H40N4O. The van der Waals surface area contributed by atoms with Crippen molar-refractivity contribution in [1.82, 2.24) is 0 Å². The molecule has 0 amide bonds. The number of aliphatic imine (C=N–C) groups is 1. The Morgan fingerprint density at radius 3 is 2.30 bits per heavy atom. The van der Waals surface area contributed by atoms with E-state index in [0.717, 1.165) is 50.2 Å². The highest BCUT2D eigenvalue weighted by atomic mass is 16.1. The van der Waals surface area contributed by atoms with Crippen LogP contribution < -0.4 is 4.90 Å². The molecule has 2 aliphatic heterocycles. The van der Waals surface area contributed by atoms with Crippen LogP contribution in [0.5, 0.6) is 0 Å². The zero-order valence-corrected chi connectivity index (χ0v) is 24.7. The average Bonchev–Trinajstić information content (AvgIpc) is 3.30. The smallest absolute Gasteiger partial charge is 0.209 e. The highest BCUT2D eigenvalue weighted by Crippen LogP contribution is 2.49. The molecule has 0 fully saturated rings. The normalized spacial score (nSPS) is 20.6. The quantitative estimate of drug-likeness (QED) is 0.188. The third-order valence-corrected chi connectivity index (χ3v) is 8.79. The number of unbranched alkanes of at least 4 members (excludes halogenated alkanes) is 2. The Balaban J connectivity index is 1.64. The molecule has 1 aliphatic carbocycles. The van der Waals surface area contributed by atoms with E-state index in [1.54, 1.807) is 0 Å². The Morgan fingerprint density at radius 2 is 1.60 bits per heavy atom. The van der Waals surface area contributed by atoms with Crippen LogP contribution in [-0.4, -0.2) is 35.2 Å². The zero-order chi connectivity index (χ0) is 28.7. The number of carbonyl (C=O) groups is 1. The number of anilines is 1. The Morgan fingerprint density at radius 1 is 0.925 bits per heavy atom. The molecule has 0 atom stereocenters. The maximum atomic E-state index is 13.8. The van der Waals surface area contributed by atoms with Crippen LogP contribution in [0.25, 0.3) is 5.41 Å². The summed E-state index contributed by atoms with van der Waals surface area (Å²) in [6.45, 7) is 15.0. The van der Waals surface area contributed by atoms with Crippen molar-refractivity contribution in [2.24, 2.45) is 4.99 Å². The van der Waals surface area contributed by atoms with Crippen LogP contribution in [0.3, 0.4) is 0 Å². The molecule has 0 unspecified atom stereocenters. The summed E-state index contributed by atoms with van der Waals surface area (Å²) in [5.74, 6) is -0.0432. The van der Waals surface area contributed by atoms with Gasteiger partial charge in [-0.05, 0) is 43.7 Å². The van der Waals surface area contributed by atoms with Crippen molar-refractivity contribution in [3.05, 3.63) is 99.8 Å². The minimum atomic E-state index is -0.268. The molecule has 0 radical (unpaired) electrons. The van der Waals surface area contributed by atoms with Gasteiger partial charge in [0.2, 0.25) is 5.69 Å². The van der Waals surface area contributed by atoms with Gasteiger partial charge in [0, 0.05) is 58.6 Å². The molecule has 40 heavy (non-hydrogen) atoms. The summed E-state index contributed by atoms with van der Waals surface area (Å²) in [4.78, 5) is 20.4. The summed E-state index contributed by atoms with van der Waals surface area (Å²) < 4.78 is 2.35. The molecule has 5 heteroatoms. The third kappa shape index (κ3) is 4.33. The summed E-state index contributed by atoms with van der Waals surface area (Å²) in [7, 11) is 0. The topological polar surface area (TPSA) is 58.0 Å². The molecule has 2 aromatic carbocycles. The lowest BCUT2D eigenvalue weighted by molar-refractivity contribution is -0.438. The van der Waals surface area contributed by atoms with E-state index in [2.05, 4.69) is 105 Å². The van der Waals surface area contributed by atoms with Gasteiger partial charge in [0.05, 0.1) is 5.41 Å². The molecule has 5 nitrogen and oxygen atoms in total. The number of nitrogens with zero attached hydrogens (tertiary/aromatic N) is 4. The summed E-state index contributed by atoms with van der Waals surface area (Å²) in [5.41, 5.74) is 8.09. The predicted octanol–water partition coefficient (Wildman–Crippen LogP) is 7.85. The summed E-state index contributed by atoms with van der Waals surface area (Å²) >= 11 is 0. The van der Waals surface area contributed by atoms with Gasteiger partial charge >= 0.3 is 0 Å². The second kappa shape index (κ2) is 10.6. The molecule has 3 aliphatic rings. The van der Waals surface area contributed by atoms with E-state index in [1.165, 1.54) is 22.5 Å². The van der Waals surface area contributed by atoms with Gasteiger partial charge in [0.15, 0.2) is 11.5 Å². The predicted molar refractivity (Wildman–Crippen MR) is 165 cm³/mol. The molecule has 0 saturated heterocycles.